The first-order chi connectivity index (χ1) is 16.2. The molecule has 0 aromatic heterocycles. The molecule has 0 atom stereocenters. The molecule has 34 heavy (non-hydrogen) atoms. The third kappa shape index (κ3) is 24.6. The van der Waals surface area contributed by atoms with Crippen molar-refractivity contribution in [1.82, 2.24) is 0 Å². The molecule has 0 unspecified atom stereocenters. The molecule has 0 amide bonds. The van der Waals surface area contributed by atoms with Crippen molar-refractivity contribution >= 4 is 7.26 Å². The molecule has 0 spiro atoms. The van der Waals surface area contributed by atoms with Gasteiger partial charge in [-0.3, -0.25) is 0 Å². The van der Waals surface area contributed by atoms with Crippen LogP contribution in [0.25, 0.3) is 0 Å². The van der Waals surface area contributed by atoms with Crippen molar-refractivity contribution in [3.05, 3.63) is 0 Å². The van der Waals surface area contributed by atoms with Crippen LogP contribution in [0.1, 0.15) is 182 Å². The molecule has 0 saturated carbocycles. The largest absolute Gasteiger partial charge is 1.00 e. The summed E-state index contributed by atoms with van der Waals surface area (Å²) in [5.41, 5.74) is 0. The van der Waals surface area contributed by atoms with E-state index in [1.807, 2.05) is 0 Å². The van der Waals surface area contributed by atoms with E-state index in [-0.39, 0.29) is 17.0 Å². The molecule has 0 heterocycles. The Bertz CT molecular complexity index is 323. The van der Waals surface area contributed by atoms with Crippen molar-refractivity contribution in [2.45, 2.75) is 182 Å². The van der Waals surface area contributed by atoms with E-state index in [0.29, 0.717) is 0 Å². The Hall–Kier alpha value is 0.910. The minimum Gasteiger partial charge on any atom is -1.00 e. The van der Waals surface area contributed by atoms with Crippen LogP contribution in [0.5, 0.6) is 0 Å². The Morgan fingerprint density at radius 3 is 0.676 bits per heavy atom. The summed E-state index contributed by atoms with van der Waals surface area (Å²) in [6.07, 6.45) is 42.1. The number of unbranched alkanes of at least 4 members (excludes halogenated alkanes) is 20. The van der Waals surface area contributed by atoms with Crippen LogP contribution in [0.4, 0.5) is 0 Å². The molecule has 0 aliphatic carbocycles. The molecule has 208 valence electrons. The van der Waals surface area contributed by atoms with E-state index in [9.17, 15) is 0 Å². The van der Waals surface area contributed by atoms with Gasteiger partial charge < -0.3 is 17.0 Å². The fourth-order valence-corrected chi connectivity index (χ4v) is 10.5. The van der Waals surface area contributed by atoms with Crippen molar-refractivity contribution < 1.29 is 17.0 Å². The first-order valence-corrected chi connectivity index (χ1v) is 18.6. The summed E-state index contributed by atoms with van der Waals surface area (Å²) >= 11 is 0. The normalized spacial score (nSPS) is 11.6. The molecule has 0 rings (SSSR count). The molecule has 0 saturated heterocycles. The molecule has 0 radical (unpaired) electrons. The number of halogens is 1. The number of rotatable bonds is 28. The molecular formula is C32H68BrP. The van der Waals surface area contributed by atoms with Gasteiger partial charge in [-0.15, -0.1) is 0 Å². The Morgan fingerprint density at radius 2 is 0.441 bits per heavy atom. The van der Waals surface area contributed by atoms with Crippen LogP contribution in [-0.2, 0) is 0 Å². The Morgan fingerprint density at radius 1 is 0.265 bits per heavy atom. The van der Waals surface area contributed by atoms with Gasteiger partial charge in [0.15, 0.2) is 0 Å². The smallest absolute Gasteiger partial charge is 0.0594 e. The third-order valence-corrected chi connectivity index (χ3v) is 13.0. The van der Waals surface area contributed by atoms with Gasteiger partial charge in [0.1, 0.15) is 0 Å². The fourth-order valence-electron chi connectivity index (χ4n) is 5.58. The molecule has 0 aliphatic rings. The minimum absolute atomic E-state index is 0. The molecule has 0 aromatic rings. The predicted molar refractivity (Wildman–Crippen MR) is 160 cm³/mol. The lowest BCUT2D eigenvalue weighted by Gasteiger charge is -2.28. The van der Waals surface area contributed by atoms with E-state index in [2.05, 4.69) is 27.7 Å². The highest BCUT2D eigenvalue weighted by Gasteiger charge is 2.34. The first-order valence-electron chi connectivity index (χ1n) is 16.1. The summed E-state index contributed by atoms with van der Waals surface area (Å²) in [6, 6.07) is 0. The zero-order chi connectivity index (χ0) is 24.3. The van der Waals surface area contributed by atoms with E-state index in [1.54, 1.807) is 50.3 Å². The maximum atomic E-state index is 2.37. The average molecular weight is 564 g/mol. The van der Waals surface area contributed by atoms with Crippen molar-refractivity contribution in [2.24, 2.45) is 0 Å². The number of hydrogen-bond acceptors (Lipinski definition) is 0. The van der Waals surface area contributed by atoms with Crippen LogP contribution >= 0.6 is 7.26 Å². The maximum Gasteiger partial charge on any atom is 0.0594 e. The summed E-state index contributed by atoms with van der Waals surface area (Å²) in [7, 11) is -0.709. The highest BCUT2D eigenvalue weighted by atomic mass is 79.9. The second-order valence-corrected chi connectivity index (χ2v) is 15.8. The topological polar surface area (TPSA) is 0 Å². The van der Waals surface area contributed by atoms with Crippen molar-refractivity contribution in [3.63, 3.8) is 0 Å². The van der Waals surface area contributed by atoms with Crippen LogP contribution in [0.2, 0.25) is 0 Å². The molecule has 0 nitrogen and oxygen atoms in total. The molecule has 0 bridgehead atoms. The SMILES string of the molecule is CCCCCCCCCC[P+](CCCCCC)(CCCCCC)CCCCCCCCCC.[Br-]. The Kier molecular flexibility index (Phi) is 32.9. The van der Waals surface area contributed by atoms with Gasteiger partial charge in [0.2, 0.25) is 0 Å². The summed E-state index contributed by atoms with van der Waals surface area (Å²) in [4.78, 5) is 0. The predicted octanol–water partition coefficient (Wildman–Crippen LogP) is 9.45. The highest BCUT2D eigenvalue weighted by Crippen LogP contribution is 2.61. The zero-order valence-corrected chi connectivity index (χ0v) is 27.1. The van der Waals surface area contributed by atoms with Crippen LogP contribution in [0, 0.1) is 0 Å². The number of hydrogen-bond donors (Lipinski definition) is 0. The van der Waals surface area contributed by atoms with Gasteiger partial charge in [0.25, 0.3) is 0 Å². The van der Waals surface area contributed by atoms with E-state index < -0.39 is 7.26 Å². The maximum absolute atomic E-state index is 2.37. The Labute approximate surface area is 230 Å². The minimum atomic E-state index is -0.709. The van der Waals surface area contributed by atoms with Crippen LogP contribution in [-0.4, -0.2) is 24.6 Å². The van der Waals surface area contributed by atoms with Crippen LogP contribution in [0.3, 0.4) is 0 Å². The lowest BCUT2D eigenvalue weighted by atomic mass is 10.1. The zero-order valence-electron chi connectivity index (χ0n) is 24.6. The lowest BCUT2D eigenvalue weighted by molar-refractivity contribution is -0.00000755. The van der Waals surface area contributed by atoms with Crippen LogP contribution in [0.15, 0.2) is 0 Å². The molecule has 0 fully saturated rings. The van der Waals surface area contributed by atoms with Crippen molar-refractivity contribution in [3.8, 4) is 0 Å². The van der Waals surface area contributed by atoms with Gasteiger partial charge >= 0.3 is 0 Å². The van der Waals surface area contributed by atoms with Gasteiger partial charge in [-0.2, -0.15) is 0 Å². The second kappa shape index (κ2) is 30.1. The van der Waals surface area contributed by atoms with Crippen LogP contribution < -0.4 is 17.0 Å². The quantitative estimate of drug-likeness (QED) is 0.0657. The third-order valence-electron chi connectivity index (χ3n) is 7.94. The molecule has 2 heteroatoms. The van der Waals surface area contributed by atoms with Gasteiger partial charge in [0.05, 0.1) is 24.6 Å². The monoisotopic (exact) mass is 562 g/mol. The van der Waals surface area contributed by atoms with Gasteiger partial charge in [0, 0.05) is 7.26 Å². The average Bonchev–Trinajstić information content (AvgIpc) is 2.83. The second-order valence-electron chi connectivity index (χ2n) is 11.3. The highest BCUT2D eigenvalue weighted by molar-refractivity contribution is 7.75. The molecule has 0 aliphatic heterocycles. The van der Waals surface area contributed by atoms with E-state index in [4.69, 9.17) is 0 Å². The van der Waals surface area contributed by atoms with Crippen molar-refractivity contribution in [1.29, 1.82) is 0 Å². The molecule has 0 aromatic carbocycles. The molecular weight excluding hydrogens is 495 g/mol. The summed E-state index contributed by atoms with van der Waals surface area (Å²) < 4.78 is 0. The van der Waals surface area contributed by atoms with Gasteiger partial charge in [-0.25, -0.2) is 0 Å². The van der Waals surface area contributed by atoms with Gasteiger partial charge in [-0.05, 0) is 51.4 Å². The van der Waals surface area contributed by atoms with Gasteiger partial charge in [-0.1, -0.05) is 130 Å². The fraction of sp³-hybridized carbons (Fsp3) is 1.00. The van der Waals surface area contributed by atoms with E-state index in [1.165, 1.54) is 128 Å². The summed E-state index contributed by atoms with van der Waals surface area (Å²) in [5.74, 6) is 0. The lowest BCUT2D eigenvalue weighted by Crippen LogP contribution is -3.00. The Balaban J connectivity index is 0. The van der Waals surface area contributed by atoms with Crippen molar-refractivity contribution in [2.75, 3.05) is 24.6 Å². The summed E-state index contributed by atoms with van der Waals surface area (Å²) in [6.45, 7) is 9.40. The van der Waals surface area contributed by atoms with E-state index in [0.717, 1.165) is 0 Å². The standard InChI is InChI=1S/C32H68P.BrH/c1-5-9-13-17-19-21-23-27-31-33(29-25-15-11-7-3,30-26-16-12-8-4)32-28-24-22-20-18-14-10-6-2;/h5-32H2,1-4H3;1H/q+1;/p-1. The first kappa shape index (κ1) is 37.1. The van der Waals surface area contributed by atoms with E-state index >= 15 is 0 Å². The molecule has 0 N–H and O–H groups in total. The summed E-state index contributed by atoms with van der Waals surface area (Å²) in [5, 5.41) is 0.